The van der Waals surface area contributed by atoms with Crippen molar-refractivity contribution in [2.45, 2.75) is 19.4 Å². The molecule has 0 unspecified atom stereocenters. The van der Waals surface area contributed by atoms with Gasteiger partial charge in [-0.25, -0.2) is 4.39 Å². The lowest BCUT2D eigenvalue weighted by Gasteiger charge is -2.21. The van der Waals surface area contributed by atoms with Crippen LogP contribution in [0.3, 0.4) is 0 Å². The quantitative estimate of drug-likeness (QED) is 0.882. The number of carbonyl (C=O) groups excluding carboxylic acids is 1. The van der Waals surface area contributed by atoms with Crippen molar-refractivity contribution in [1.82, 2.24) is 10.6 Å². The van der Waals surface area contributed by atoms with Crippen LogP contribution in [-0.4, -0.2) is 19.0 Å². The summed E-state index contributed by atoms with van der Waals surface area (Å²) in [6, 6.07) is 6.20. The zero-order valence-electron chi connectivity index (χ0n) is 10.1. The molecule has 1 aromatic rings. The number of carbonyl (C=O) groups is 1. The van der Waals surface area contributed by atoms with Gasteiger partial charge >= 0.3 is 0 Å². The number of nitrogens with one attached hydrogen (secondary N) is 2. The SMILES string of the molecule is Cl.O=C(NCc1ccc(F)cc1)C1CCNCC1. The zero-order valence-corrected chi connectivity index (χ0v) is 10.9. The molecular formula is C13H18ClFN2O. The van der Waals surface area contributed by atoms with Crippen LogP contribution in [0.1, 0.15) is 18.4 Å². The van der Waals surface area contributed by atoms with Crippen LogP contribution in [0.25, 0.3) is 0 Å². The van der Waals surface area contributed by atoms with Gasteiger partial charge in [0.05, 0.1) is 0 Å². The van der Waals surface area contributed by atoms with E-state index in [9.17, 15) is 9.18 Å². The average Bonchev–Trinajstić information content (AvgIpc) is 2.39. The molecule has 2 rings (SSSR count). The van der Waals surface area contributed by atoms with Crippen LogP contribution in [0.4, 0.5) is 4.39 Å². The lowest BCUT2D eigenvalue weighted by atomic mass is 9.97. The number of rotatable bonds is 3. The smallest absolute Gasteiger partial charge is 0.223 e. The van der Waals surface area contributed by atoms with E-state index in [4.69, 9.17) is 0 Å². The molecular weight excluding hydrogens is 255 g/mol. The summed E-state index contributed by atoms with van der Waals surface area (Å²) in [6.07, 6.45) is 1.80. The first kappa shape index (κ1) is 14.9. The molecule has 0 saturated carbocycles. The van der Waals surface area contributed by atoms with Crippen molar-refractivity contribution in [1.29, 1.82) is 0 Å². The maximum atomic E-state index is 12.7. The number of benzene rings is 1. The highest BCUT2D eigenvalue weighted by Crippen LogP contribution is 2.11. The fourth-order valence-electron chi connectivity index (χ4n) is 2.02. The van der Waals surface area contributed by atoms with Gasteiger partial charge in [0.25, 0.3) is 0 Å². The van der Waals surface area contributed by atoms with E-state index in [0.29, 0.717) is 6.54 Å². The molecule has 18 heavy (non-hydrogen) atoms. The van der Waals surface area contributed by atoms with Gasteiger partial charge in [0.15, 0.2) is 0 Å². The number of halogens is 2. The van der Waals surface area contributed by atoms with E-state index < -0.39 is 0 Å². The summed E-state index contributed by atoms with van der Waals surface area (Å²) < 4.78 is 12.7. The van der Waals surface area contributed by atoms with E-state index in [-0.39, 0.29) is 30.0 Å². The molecule has 0 radical (unpaired) electrons. The number of hydrogen-bond acceptors (Lipinski definition) is 2. The molecule has 0 spiro atoms. The van der Waals surface area contributed by atoms with Gasteiger partial charge in [-0.2, -0.15) is 0 Å². The van der Waals surface area contributed by atoms with Crippen molar-refractivity contribution in [3.05, 3.63) is 35.6 Å². The third kappa shape index (κ3) is 4.27. The Bertz CT molecular complexity index is 377. The molecule has 1 aliphatic heterocycles. The summed E-state index contributed by atoms with van der Waals surface area (Å²) in [7, 11) is 0. The van der Waals surface area contributed by atoms with Gasteiger partial charge in [-0.3, -0.25) is 4.79 Å². The van der Waals surface area contributed by atoms with Gasteiger partial charge in [-0.1, -0.05) is 12.1 Å². The van der Waals surface area contributed by atoms with Crippen LogP contribution >= 0.6 is 12.4 Å². The number of amides is 1. The molecule has 1 fully saturated rings. The summed E-state index contributed by atoms with van der Waals surface area (Å²) in [5.41, 5.74) is 0.925. The highest BCUT2D eigenvalue weighted by atomic mass is 35.5. The molecule has 1 amide bonds. The van der Waals surface area contributed by atoms with E-state index in [1.807, 2.05) is 0 Å². The minimum absolute atomic E-state index is 0. The average molecular weight is 273 g/mol. The second-order valence-corrected chi connectivity index (χ2v) is 4.37. The molecule has 3 nitrogen and oxygen atoms in total. The third-order valence-electron chi connectivity index (χ3n) is 3.09. The number of hydrogen-bond donors (Lipinski definition) is 2. The fraction of sp³-hybridized carbons (Fsp3) is 0.462. The van der Waals surface area contributed by atoms with Crippen LogP contribution in [0.15, 0.2) is 24.3 Å². The summed E-state index contributed by atoms with van der Waals surface area (Å²) in [5.74, 6) is -0.0223. The molecule has 0 atom stereocenters. The highest BCUT2D eigenvalue weighted by Gasteiger charge is 2.20. The van der Waals surface area contributed by atoms with Gasteiger partial charge in [-0.15, -0.1) is 12.4 Å². The van der Waals surface area contributed by atoms with Crippen molar-refractivity contribution >= 4 is 18.3 Å². The number of piperidine rings is 1. The maximum Gasteiger partial charge on any atom is 0.223 e. The van der Waals surface area contributed by atoms with E-state index in [1.165, 1.54) is 12.1 Å². The molecule has 0 bridgehead atoms. The standard InChI is InChI=1S/C13H17FN2O.ClH/c14-12-3-1-10(2-4-12)9-16-13(17)11-5-7-15-8-6-11;/h1-4,11,15H,5-9H2,(H,16,17);1H. The van der Waals surface area contributed by atoms with Gasteiger partial charge in [0, 0.05) is 12.5 Å². The lowest BCUT2D eigenvalue weighted by molar-refractivity contribution is -0.125. The van der Waals surface area contributed by atoms with Crippen LogP contribution < -0.4 is 10.6 Å². The first-order chi connectivity index (χ1) is 8.25. The predicted octanol–water partition coefficient (Wildman–Crippen LogP) is 1.86. The van der Waals surface area contributed by atoms with Gasteiger partial charge in [0.2, 0.25) is 5.91 Å². The highest BCUT2D eigenvalue weighted by molar-refractivity contribution is 5.85. The normalized spacial score (nSPS) is 15.8. The Balaban J connectivity index is 0.00000162. The van der Waals surface area contributed by atoms with Gasteiger partial charge in [0.1, 0.15) is 5.82 Å². The molecule has 5 heteroatoms. The monoisotopic (exact) mass is 272 g/mol. The van der Waals surface area contributed by atoms with Crippen molar-refractivity contribution in [2.24, 2.45) is 5.92 Å². The molecule has 1 aromatic carbocycles. The van der Waals surface area contributed by atoms with Crippen molar-refractivity contribution in [3.8, 4) is 0 Å². The van der Waals surface area contributed by atoms with Crippen LogP contribution in [-0.2, 0) is 11.3 Å². The first-order valence-electron chi connectivity index (χ1n) is 5.98. The Kier molecular flexibility index (Phi) is 6.09. The Hall–Kier alpha value is -1.13. The largest absolute Gasteiger partial charge is 0.352 e. The van der Waals surface area contributed by atoms with Gasteiger partial charge in [-0.05, 0) is 43.6 Å². The molecule has 1 aliphatic rings. The molecule has 1 heterocycles. The summed E-state index contributed by atoms with van der Waals surface area (Å²) in [4.78, 5) is 11.8. The topological polar surface area (TPSA) is 41.1 Å². The molecule has 0 aromatic heterocycles. The zero-order chi connectivity index (χ0) is 12.1. The Morgan fingerprint density at radius 2 is 1.89 bits per heavy atom. The minimum Gasteiger partial charge on any atom is -0.352 e. The van der Waals surface area contributed by atoms with Gasteiger partial charge < -0.3 is 10.6 Å². The fourth-order valence-corrected chi connectivity index (χ4v) is 2.02. The van der Waals surface area contributed by atoms with E-state index >= 15 is 0 Å². The predicted molar refractivity (Wildman–Crippen MR) is 71.1 cm³/mol. The second kappa shape index (κ2) is 7.34. The summed E-state index contributed by atoms with van der Waals surface area (Å²) in [6.45, 7) is 2.30. The molecule has 0 aliphatic carbocycles. The minimum atomic E-state index is -0.251. The van der Waals surface area contributed by atoms with Crippen LogP contribution in [0.2, 0.25) is 0 Å². The van der Waals surface area contributed by atoms with Crippen LogP contribution in [0, 0.1) is 11.7 Å². The Labute approximate surface area is 113 Å². The Morgan fingerprint density at radius 3 is 2.50 bits per heavy atom. The van der Waals surface area contributed by atoms with Crippen molar-refractivity contribution in [2.75, 3.05) is 13.1 Å². The van der Waals surface area contributed by atoms with Crippen molar-refractivity contribution in [3.63, 3.8) is 0 Å². The summed E-state index contributed by atoms with van der Waals surface area (Å²) in [5, 5.41) is 6.13. The third-order valence-corrected chi connectivity index (χ3v) is 3.09. The van der Waals surface area contributed by atoms with E-state index in [1.54, 1.807) is 12.1 Å². The van der Waals surface area contributed by atoms with Crippen LogP contribution in [0.5, 0.6) is 0 Å². The molecule has 2 N–H and O–H groups in total. The molecule has 100 valence electrons. The maximum absolute atomic E-state index is 12.7. The Morgan fingerprint density at radius 1 is 1.28 bits per heavy atom. The molecule has 1 saturated heterocycles. The summed E-state index contributed by atoms with van der Waals surface area (Å²) >= 11 is 0. The van der Waals surface area contributed by atoms with E-state index in [2.05, 4.69) is 10.6 Å². The van der Waals surface area contributed by atoms with E-state index in [0.717, 1.165) is 31.5 Å². The first-order valence-corrected chi connectivity index (χ1v) is 5.98. The second-order valence-electron chi connectivity index (χ2n) is 4.37. The van der Waals surface area contributed by atoms with Crippen molar-refractivity contribution < 1.29 is 9.18 Å². The lowest BCUT2D eigenvalue weighted by Crippen LogP contribution is -2.37.